The Morgan fingerprint density at radius 1 is 1.10 bits per heavy atom. The average molecular weight is 297 g/mol. The van der Waals surface area contributed by atoms with E-state index in [1.807, 2.05) is 0 Å². The van der Waals surface area contributed by atoms with Crippen molar-refractivity contribution >= 4 is 0 Å². The molecule has 1 N–H and O–H groups in total. The van der Waals surface area contributed by atoms with Crippen LogP contribution in [0.4, 0.5) is 0 Å². The fraction of sp³-hybridized carbons (Fsp3) is 0.750. The number of aromatic amines is 1. The van der Waals surface area contributed by atoms with Crippen LogP contribution in [0.1, 0.15) is 6.42 Å². The zero-order valence-corrected chi connectivity index (χ0v) is 11.2. The molecule has 3 aliphatic heterocycles. The van der Waals surface area contributed by atoms with Gasteiger partial charge in [0.2, 0.25) is 0 Å². The number of rotatable bonds is 6. The Balaban J connectivity index is 1.65. The predicted octanol–water partition coefficient (Wildman–Crippen LogP) is -2.34. The third kappa shape index (κ3) is 2.59. The Hall–Kier alpha value is -1.71. The van der Waals surface area contributed by atoms with Crippen molar-refractivity contribution in [2.45, 2.75) is 37.3 Å². The molecule has 1 aromatic rings. The zero-order valence-electron chi connectivity index (χ0n) is 11.2. The second-order valence-electron chi connectivity index (χ2n) is 5.80. The molecule has 3 atom stereocenters. The van der Waals surface area contributed by atoms with Gasteiger partial charge in [-0.15, -0.1) is 0 Å². The highest BCUT2D eigenvalue weighted by Gasteiger charge is 2.50. The first-order valence-electron chi connectivity index (χ1n) is 6.87. The van der Waals surface area contributed by atoms with E-state index in [9.17, 15) is 14.4 Å². The highest BCUT2D eigenvalue weighted by atomic mass is 16.6. The summed E-state index contributed by atoms with van der Waals surface area (Å²) in [6.07, 6.45) is 0.679. The lowest BCUT2D eigenvalue weighted by atomic mass is 10.1. The normalized spacial score (nSPS) is 33.0. The van der Waals surface area contributed by atoms with Gasteiger partial charge in [-0.3, -0.25) is 4.98 Å². The monoisotopic (exact) mass is 297 g/mol. The number of aromatic nitrogens is 3. The Morgan fingerprint density at radius 2 is 1.71 bits per heavy atom. The number of ether oxygens (including phenoxy) is 3. The maximum atomic E-state index is 12.3. The second-order valence-corrected chi connectivity index (χ2v) is 5.80. The number of epoxide rings is 3. The highest BCUT2D eigenvalue weighted by Crippen LogP contribution is 2.37. The van der Waals surface area contributed by atoms with Crippen molar-refractivity contribution in [2.24, 2.45) is 0 Å². The third-order valence-electron chi connectivity index (χ3n) is 3.96. The number of nitrogens with one attached hydrogen (secondary N) is 1. The zero-order chi connectivity index (χ0) is 14.6. The van der Waals surface area contributed by atoms with Crippen LogP contribution in [0.25, 0.3) is 0 Å². The summed E-state index contributed by atoms with van der Waals surface area (Å²) in [4.78, 5) is 38.1. The molecule has 9 heteroatoms. The molecule has 4 rings (SSSR count). The molecule has 0 saturated carbocycles. The number of hydrogen-bond donors (Lipinski definition) is 1. The molecule has 1 aromatic heterocycles. The number of hydrogen-bond acceptors (Lipinski definition) is 6. The van der Waals surface area contributed by atoms with Crippen molar-refractivity contribution < 1.29 is 14.2 Å². The van der Waals surface area contributed by atoms with E-state index < -0.39 is 22.7 Å². The van der Waals surface area contributed by atoms with Gasteiger partial charge in [0.15, 0.2) is 0 Å². The first kappa shape index (κ1) is 13.0. The topological polar surface area (TPSA) is 114 Å². The second kappa shape index (κ2) is 4.39. The van der Waals surface area contributed by atoms with Crippen molar-refractivity contribution in [1.29, 1.82) is 0 Å². The summed E-state index contributed by atoms with van der Waals surface area (Å²) in [5, 5.41) is 0. The van der Waals surface area contributed by atoms with E-state index in [4.69, 9.17) is 14.2 Å². The van der Waals surface area contributed by atoms with Crippen molar-refractivity contribution in [3.63, 3.8) is 0 Å². The minimum Gasteiger partial charge on any atom is -0.373 e. The molecule has 0 radical (unpaired) electrons. The van der Waals surface area contributed by atoms with Gasteiger partial charge in [-0.2, -0.15) is 0 Å². The fourth-order valence-electron chi connectivity index (χ4n) is 2.49. The van der Waals surface area contributed by atoms with Gasteiger partial charge >= 0.3 is 17.1 Å². The summed E-state index contributed by atoms with van der Waals surface area (Å²) >= 11 is 0. The molecular weight excluding hydrogens is 282 g/mol. The molecule has 0 amide bonds. The van der Waals surface area contributed by atoms with Crippen molar-refractivity contribution in [3.05, 3.63) is 31.5 Å². The molecule has 0 aromatic carbocycles. The third-order valence-corrected chi connectivity index (χ3v) is 3.96. The lowest BCUT2D eigenvalue weighted by Crippen LogP contribution is -2.51. The number of H-pyrrole nitrogens is 1. The van der Waals surface area contributed by atoms with E-state index >= 15 is 0 Å². The standard InChI is InChI=1S/C12H15N3O6/c16-9-13-10(17)15(11(18)14(9)2-8-4-20-8)5-12(6-21-12)1-7-3-19-7/h7-8H,1-6H2,(H,13,16,17)/t7-,8+,12+/m0/s1. The minimum absolute atomic E-state index is 0.124. The summed E-state index contributed by atoms with van der Waals surface area (Å²) < 4.78 is 17.6. The van der Waals surface area contributed by atoms with Gasteiger partial charge in [0, 0.05) is 6.42 Å². The quantitative estimate of drug-likeness (QED) is 0.588. The Bertz CT molecular complexity index is 735. The molecule has 0 bridgehead atoms. The average Bonchev–Trinajstić information content (AvgIpc) is 3.29. The molecule has 3 aliphatic rings. The van der Waals surface area contributed by atoms with Crippen LogP contribution in [0.5, 0.6) is 0 Å². The van der Waals surface area contributed by atoms with Gasteiger partial charge in [-0.05, 0) is 0 Å². The van der Waals surface area contributed by atoms with Crippen LogP contribution in [-0.4, -0.2) is 51.7 Å². The summed E-state index contributed by atoms with van der Waals surface area (Å²) in [5.74, 6) is 0. The summed E-state index contributed by atoms with van der Waals surface area (Å²) in [6.45, 7) is 2.00. The lowest BCUT2D eigenvalue weighted by Gasteiger charge is -2.13. The molecule has 9 nitrogen and oxygen atoms in total. The summed E-state index contributed by atoms with van der Waals surface area (Å²) in [5.41, 5.74) is -2.54. The SMILES string of the molecule is O=c1[nH]c(=O)n(C[C@]2(C[C@H]3CO3)CO2)c(=O)n1C[C@@H]1CO1. The van der Waals surface area contributed by atoms with Crippen molar-refractivity contribution in [2.75, 3.05) is 19.8 Å². The Labute approximate surface area is 118 Å². The Morgan fingerprint density at radius 3 is 2.29 bits per heavy atom. The molecule has 0 spiro atoms. The van der Waals surface area contributed by atoms with E-state index in [0.717, 1.165) is 9.13 Å². The van der Waals surface area contributed by atoms with E-state index in [1.165, 1.54) is 0 Å². The molecule has 3 fully saturated rings. The molecule has 0 aliphatic carbocycles. The molecule has 21 heavy (non-hydrogen) atoms. The van der Waals surface area contributed by atoms with E-state index in [2.05, 4.69) is 4.98 Å². The van der Waals surface area contributed by atoms with Crippen LogP contribution in [-0.2, 0) is 27.3 Å². The lowest BCUT2D eigenvalue weighted by molar-refractivity contribution is 0.228. The first-order chi connectivity index (χ1) is 10.1. The van der Waals surface area contributed by atoms with Gasteiger partial charge in [0.1, 0.15) is 5.60 Å². The molecule has 4 heterocycles. The number of nitrogens with zero attached hydrogens (tertiary/aromatic N) is 2. The maximum Gasteiger partial charge on any atom is 0.336 e. The fourth-order valence-corrected chi connectivity index (χ4v) is 2.49. The predicted molar refractivity (Wildman–Crippen MR) is 68.4 cm³/mol. The van der Waals surface area contributed by atoms with Crippen LogP contribution in [0.2, 0.25) is 0 Å². The van der Waals surface area contributed by atoms with E-state index in [1.54, 1.807) is 0 Å². The van der Waals surface area contributed by atoms with Crippen LogP contribution in [0.15, 0.2) is 14.4 Å². The van der Waals surface area contributed by atoms with Crippen LogP contribution in [0.3, 0.4) is 0 Å². The summed E-state index contributed by atoms with van der Waals surface area (Å²) in [7, 11) is 0. The summed E-state index contributed by atoms with van der Waals surface area (Å²) in [6, 6.07) is 0. The Kier molecular flexibility index (Phi) is 2.72. The van der Waals surface area contributed by atoms with Gasteiger partial charge < -0.3 is 14.2 Å². The minimum atomic E-state index is -0.704. The van der Waals surface area contributed by atoms with Gasteiger partial charge in [0.05, 0.1) is 45.1 Å². The van der Waals surface area contributed by atoms with E-state index in [-0.39, 0.29) is 25.3 Å². The van der Waals surface area contributed by atoms with Crippen molar-refractivity contribution in [3.8, 4) is 0 Å². The van der Waals surface area contributed by atoms with Crippen molar-refractivity contribution in [1.82, 2.24) is 14.1 Å². The van der Waals surface area contributed by atoms with Crippen LogP contribution >= 0.6 is 0 Å². The maximum absolute atomic E-state index is 12.3. The molecule has 0 unspecified atom stereocenters. The van der Waals surface area contributed by atoms with Gasteiger partial charge in [-0.25, -0.2) is 23.5 Å². The van der Waals surface area contributed by atoms with Gasteiger partial charge in [-0.1, -0.05) is 0 Å². The van der Waals surface area contributed by atoms with E-state index in [0.29, 0.717) is 26.2 Å². The smallest absolute Gasteiger partial charge is 0.336 e. The van der Waals surface area contributed by atoms with Gasteiger partial charge in [0.25, 0.3) is 0 Å². The molecular formula is C12H15N3O6. The largest absolute Gasteiger partial charge is 0.373 e. The molecule has 3 saturated heterocycles. The van der Waals surface area contributed by atoms with Crippen LogP contribution < -0.4 is 17.1 Å². The first-order valence-corrected chi connectivity index (χ1v) is 6.87. The highest BCUT2D eigenvalue weighted by molar-refractivity contribution is 4.97. The molecule has 114 valence electrons. The van der Waals surface area contributed by atoms with Crippen LogP contribution in [0, 0.1) is 0 Å².